The molecule has 1 nitrogen and oxygen atoms in total. The Labute approximate surface area is 87.7 Å². The Morgan fingerprint density at radius 3 is 3.15 bits per heavy atom. The van der Waals surface area contributed by atoms with E-state index in [9.17, 15) is 0 Å². The number of nitrogens with one attached hydrogen (secondary N) is 1. The summed E-state index contributed by atoms with van der Waals surface area (Å²) in [6, 6.07) is 7.12. The van der Waals surface area contributed by atoms with E-state index in [4.69, 9.17) is 0 Å². The highest BCUT2D eigenvalue weighted by molar-refractivity contribution is 9.10. The third kappa shape index (κ3) is 2.05. The minimum Gasteiger partial charge on any atom is -0.382 e. The Balaban J connectivity index is 2.35. The molecule has 1 aliphatic heterocycles. The zero-order valence-corrected chi connectivity index (χ0v) is 9.39. The fourth-order valence-corrected chi connectivity index (χ4v) is 2.20. The lowest BCUT2D eigenvalue weighted by atomic mass is 10.1. The van der Waals surface area contributed by atoms with Crippen LogP contribution in [0.15, 0.2) is 22.7 Å². The van der Waals surface area contributed by atoms with Gasteiger partial charge in [0.15, 0.2) is 0 Å². The van der Waals surface area contributed by atoms with Crippen LogP contribution in [-0.4, -0.2) is 6.04 Å². The number of hydrogen-bond donors (Lipinski definition) is 1. The summed E-state index contributed by atoms with van der Waals surface area (Å²) in [4.78, 5) is 0. The number of benzene rings is 1. The molecule has 1 aromatic rings. The van der Waals surface area contributed by atoms with Crippen molar-refractivity contribution >= 4 is 21.6 Å². The molecule has 1 aromatic carbocycles. The summed E-state index contributed by atoms with van der Waals surface area (Å²) >= 11 is 3.50. The Morgan fingerprint density at radius 1 is 1.46 bits per heavy atom. The highest BCUT2D eigenvalue weighted by atomic mass is 79.9. The van der Waals surface area contributed by atoms with Crippen molar-refractivity contribution in [2.24, 2.45) is 0 Å². The van der Waals surface area contributed by atoms with Crippen LogP contribution in [-0.2, 0) is 6.42 Å². The molecule has 2 rings (SSSR count). The van der Waals surface area contributed by atoms with Gasteiger partial charge in [-0.3, -0.25) is 0 Å². The Hall–Kier alpha value is -0.500. The number of rotatable bonds is 0. The Kier molecular flexibility index (Phi) is 2.58. The molecule has 0 saturated carbocycles. The van der Waals surface area contributed by atoms with Crippen molar-refractivity contribution in [3.63, 3.8) is 0 Å². The van der Waals surface area contributed by atoms with Gasteiger partial charge in [-0.25, -0.2) is 0 Å². The summed E-state index contributed by atoms with van der Waals surface area (Å²) in [5.41, 5.74) is 2.76. The van der Waals surface area contributed by atoms with Gasteiger partial charge >= 0.3 is 0 Å². The smallest absolute Gasteiger partial charge is 0.0386 e. The van der Waals surface area contributed by atoms with E-state index in [-0.39, 0.29) is 0 Å². The molecule has 1 aliphatic rings. The summed E-state index contributed by atoms with van der Waals surface area (Å²) in [5, 5.41) is 3.53. The lowest BCUT2D eigenvalue weighted by molar-refractivity contribution is 0.674. The van der Waals surface area contributed by atoms with Gasteiger partial charge in [-0.05, 0) is 43.9 Å². The number of hydrogen-bond acceptors (Lipinski definition) is 1. The minimum atomic E-state index is 0.607. The van der Waals surface area contributed by atoms with Gasteiger partial charge in [0.25, 0.3) is 0 Å². The van der Waals surface area contributed by atoms with Crippen LogP contribution in [0.25, 0.3) is 0 Å². The topological polar surface area (TPSA) is 12.0 Å². The first-order valence-corrected chi connectivity index (χ1v) is 5.60. The van der Waals surface area contributed by atoms with E-state index >= 15 is 0 Å². The van der Waals surface area contributed by atoms with E-state index in [1.807, 2.05) is 0 Å². The van der Waals surface area contributed by atoms with E-state index in [2.05, 4.69) is 46.4 Å². The van der Waals surface area contributed by atoms with Crippen molar-refractivity contribution in [2.75, 3.05) is 5.32 Å². The van der Waals surface area contributed by atoms with Crippen LogP contribution >= 0.6 is 15.9 Å². The molecule has 1 N–H and O–H groups in total. The van der Waals surface area contributed by atoms with Crippen molar-refractivity contribution in [1.82, 2.24) is 0 Å². The largest absolute Gasteiger partial charge is 0.382 e. The average molecular weight is 240 g/mol. The molecule has 0 saturated heterocycles. The molecule has 0 fully saturated rings. The van der Waals surface area contributed by atoms with Crippen LogP contribution in [0.5, 0.6) is 0 Å². The van der Waals surface area contributed by atoms with Gasteiger partial charge in [0.2, 0.25) is 0 Å². The van der Waals surface area contributed by atoms with Gasteiger partial charge < -0.3 is 5.32 Å². The second kappa shape index (κ2) is 3.70. The fourth-order valence-electron chi connectivity index (χ4n) is 1.84. The maximum absolute atomic E-state index is 3.53. The van der Waals surface area contributed by atoms with E-state index in [0.717, 1.165) is 4.47 Å². The molecule has 1 heterocycles. The van der Waals surface area contributed by atoms with Crippen molar-refractivity contribution in [2.45, 2.75) is 32.2 Å². The molecule has 0 amide bonds. The molecule has 0 radical (unpaired) electrons. The highest BCUT2D eigenvalue weighted by Gasteiger charge is 2.11. The maximum Gasteiger partial charge on any atom is 0.0386 e. The van der Waals surface area contributed by atoms with Gasteiger partial charge in [-0.2, -0.15) is 0 Å². The number of aryl methyl sites for hydroxylation is 1. The normalized spacial score (nSPS) is 21.5. The van der Waals surface area contributed by atoms with Crippen LogP contribution in [0.1, 0.15) is 25.3 Å². The fraction of sp³-hybridized carbons (Fsp3) is 0.455. The zero-order chi connectivity index (χ0) is 9.26. The molecule has 0 aromatic heterocycles. The van der Waals surface area contributed by atoms with Gasteiger partial charge in [0.05, 0.1) is 0 Å². The van der Waals surface area contributed by atoms with Crippen LogP contribution in [0, 0.1) is 0 Å². The number of anilines is 1. The molecule has 13 heavy (non-hydrogen) atoms. The van der Waals surface area contributed by atoms with E-state index < -0.39 is 0 Å². The standard InChI is InChI=1S/C11H14BrN/c1-8-3-2-4-9-5-6-10(12)7-11(9)13-8/h5-8,13H,2-4H2,1H3. The molecule has 0 aliphatic carbocycles. The quantitative estimate of drug-likeness (QED) is 0.730. The predicted octanol–water partition coefficient (Wildman–Crippen LogP) is 3.59. The van der Waals surface area contributed by atoms with Crippen molar-refractivity contribution in [1.29, 1.82) is 0 Å². The van der Waals surface area contributed by atoms with Crippen LogP contribution < -0.4 is 5.32 Å². The van der Waals surface area contributed by atoms with Crippen LogP contribution in [0.4, 0.5) is 5.69 Å². The lowest BCUT2D eigenvalue weighted by Crippen LogP contribution is -2.13. The summed E-state index contributed by atoms with van der Waals surface area (Å²) in [5.74, 6) is 0. The molecular formula is C11H14BrN. The average Bonchev–Trinajstić information content (AvgIpc) is 2.25. The second-order valence-electron chi connectivity index (χ2n) is 3.74. The van der Waals surface area contributed by atoms with Gasteiger partial charge in [-0.15, -0.1) is 0 Å². The SMILES string of the molecule is CC1CCCc2ccc(Br)cc2N1. The molecule has 0 bridgehead atoms. The van der Waals surface area contributed by atoms with Gasteiger partial charge in [0.1, 0.15) is 0 Å². The summed E-state index contributed by atoms with van der Waals surface area (Å²) in [6.45, 7) is 2.25. The van der Waals surface area contributed by atoms with Gasteiger partial charge in [0, 0.05) is 16.2 Å². The lowest BCUT2D eigenvalue weighted by Gasteiger charge is -2.12. The van der Waals surface area contributed by atoms with E-state index in [0.29, 0.717) is 6.04 Å². The molecule has 1 unspecified atom stereocenters. The second-order valence-corrected chi connectivity index (χ2v) is 4.65. The molecule has 70 valence electrons. The molecule has 2 heteroatoms. The Bertz CT molecular complexity index is 309. The Morgan fingerprint density at radius 2 is 2.31 bits per heavy atom. The first kappa shape index (κ1) is 9.07. The number of fused-ring (bicyclic) bond motifs is 1. The zero-order valence-electron chi connectivity index (χ0n) is 7.81. The van der Waals surface area contributed by atoms with Crippen molar-refractivity contribution < 1.29 is 0 Å². The van der Waals surface area contributed by atoms with Crippen LogP contribution in [0.3, 0.4) is 0 Å². The first-order valence-electron chi connectivity index (χ1n) is 4.80. The monoisotopic (exact) mass is 239 g/mol. The van der Waals surface area contributed by atoms with Crippen molar-refractivity contribution in [3.8, 4) is 0 Å². The highest BCUT2D eigenvalue weighted by Crippen LogP contribution is 2.26. The maximum atomic E-state index is 3.53. The molecular weight excluding hydrogens is 226 g/mol. The predicted molar refractivity (Wildman–Crippen MR) is 60.2 cm³/mol. The first-order chi connectivity index (χ1) is 6.25. The third-order valence-corrected chi connectivity index (χ3v) is 3.05. The summed E-state index contributed by atoms with van der Waals surface area (Å²) in [7, 11) is 0. The van der Waals surface area contributed by atoms with Crippen molar-refractivity contribution in [3.05, 3.63) is 28.2 Å². The van der Waals surface area contributed by atoms with Gasteiger partial charge in [-0.1, -0.05) is 22.0 Å². The minimum absolute atomic E-state index is 0.607. The molecule has 1 atom stereocenters. The van der Waals surface area contributed by atoms with E-state index in [1.165, 1.54) is 30.5 Å². The third-order valence-electron chi connectivity index (χ3n) is 2.56. The number of halogens is 1. The molecule has 0 spiro atoms. The summed E-state index contributed by atoms with van der Waals surface area (Å²) < 4.78 is 1.16. The van der Waals surface area contributed by atoms with Crippen LogP contribution in [0.2, 0.25) is 0 Å². The van der Waals surface area contributed by atoms with E-state index in [1.54, 1.807) is 0 Å². The summed E-state index contributed by atoms with van der Waals surface area (Å²) in [6.07, 6.45) is 3.77.